The molecule has 0 radical (unpaired) electrons. The van der Waals surface area contributed by atoms with E-state index in [1.807, 2.05) is 30.3 Å². The molecule has 0 aliphatic heterocycles. The van der Waals surface area contributed by atoms with Crippen molar-refractivity contribution in [1.29, 1.82) is 0 Å². The number of benzene rings is 1. The summed E-state index contributed by atoms with van der Waals surface area (Å²) >= 11 is 0. The summed E-state index contributed by atoms with van der Waals surface area (Å²) in [5, 5.41) is 0. The topological polar surface area (TPSA) is 26.3 Å². The van der Waals surface area contributed by atoms with Gasteiger partial charge in [-0.3, -0.25) is 0 Å². The van der Waals surface area contributed by atoms with Crippen molar-refractivity contribution in [1.82, 2.24) is 0 Å². The van der Waals surface area contributed by atoms with Gasteiger partial charge in [-0.1, -0.05) is 55.3 Å². The van der Waals surface area contributed by atoms with E-state index in [9.17, 15) is 4.79 Å². The van der Waals surface area contributed by atoms with Crippen molar-refractivity contribution in [2.75, 3.05) is 0 Å². The minimum absolute atomic E-state index is 0.186. The molecular formula is C19H24O2. The number of carbonyl (C=O) groups excluding carboxylic acids is 1. The van der Waals surface area contributed by atoms with Gasteiger partial charge in [-0.15, -0.1) is 0 Å². The summed E-state index contributed by atoms with van der Waals surface area (Å²) in [4.78, 5) is 12.4. The molecular weight excluding hydrogens is 260 g/mol. The molecule has 1 aliphatic carbocycles. The van der Waals surface area contributed by atoms with Crippen molar-refractivity contribution in [2.45, 2.75) is 46.6 Å². The highest BCUT2D eigenvalue weighted by Crippen LogP contribution is 2.35. The highest BCUT2D eigenvalue weighted by Gasteiger charge is 2.26. The van der Waals surface area contributed by atoms with Gasteiger partial charge in [0.2, 0.25) is 0 Å². The van der Waals surface area contributed by atoms with Crippen molar-refractivity contribution < 1.29 is 9.53 Å². The zero-order valence-electron chi connectivity index (χ0n) is 13.2. The van der Waals surface area contributed by atoms with Crippen LogP contribution in [0.15, 0.2) is 53.1 Å². The van der Waals surface area contributed by atoms with E-state index in [2.05, 4.69) is 26.8 Å². The summed E-state index contributed by atoms with van der Waals surface area (Å²) in [6, 6.07) is 9.81. The Morgan fingerprint density at radius 3 is 2.57 bits per heavy atom. The first-order valence-corrected chi connectivity index (χ1v) is 7.71. The molecule has 21 heavy (non-hydrogen) atoms. The van der Waals surface area contributed by atoms with Gasteiger partial charge < -0.3 is 4.74 Å². The largest absolute Gasteiger partial charge is 0.457 e. The summed E-state index contributed by atoms with van der Waals surface area (Å²) in [5.41, 5.74) is 4.20. The van der Waals surface area contributed by atoms with Crippen LogP contribution < -0.4 is 0 Å². The molecule has 0 heterocycles. The zero-order valence-corrected chi connectivity index (χ0v) is 13.2. The van der Waals surface area contributed by atoms with Gasteiger partial charge in [-0.2, -0.15) is 0 Å². The van der Waals surface area contributed by atoms with Crippen molar-refractivity contribution in [3.8, 4) is 0 Å². The Morgan fingerprint density at radius 1 is 1.24 bits per heavy atom. The van der Waals surface area contributed by atoms with E-state index in [1.54, 1.807) is 0 Å². The maximum Gasteiger partial charge on any atom is 0.338 e. The van der Waals surface area contributed by atoms with Crippen LogP contribution in [0.25, 0.3) is 0 Å². The Kier molecular flexibility index (Phi) is 5.38. The molecule has 1 atom stereocenters. The first kappa shape index (κ1) is 15.6. The monoisotopic (exact) mass is 284 g/mol. The fraction of sp³-hybridized carbons (Fsp3) is 0.421. The summed E-state index contributed by atoms with van der Waals surface area (Å²) in [5.74, 6) is 0.299. The molecule has 0 saturated carbocycles. The summed E-state index contributed by atoms with van der Waals surface area (Å²) in [6.07, 6.45) is 5.36. The Bertz CT molecular complexity index is 548. The van der Waals surface area contributed by atoms with Gasteiger partial charge in [0.25, 0.3) is 0 Å². The molecule has 0 aromatic heterocycles. The summed E-state index contributed by atoms with van der Waals surface area (Å²) < 4.78 is 5.48. The lowest BCUT2D eigenvalue weighted by atomic mass is 9.99. The van der Waals surface area contributed by atoms with E-state index in [1.165, 1.54) is 11.1 Å². The van der Waals surface area contributed by atoms with Crippen LogP contribution in [0.4, 0.5) is 0 Å². The molecule has 0 amide bonds. The molecule has 0 N–H and O–H groups in total. The minimum Gasteiger partial charge on any atom is -0.457 e. The quantitative estimate of drug-likeness (QED) is 0.725. The number of hydrogen-bond acceptors (Lipinski definition) is 2. The average molecular weight is 284 g/mol. The first-order valence-electron chi connectivity index (χ1n) is 7.71. The highest BCUT2D eigenvalue weighted by atomic mass is 16.5. The third-order valence-electron chi connectivity index (χ3n) is 3.89. The summed E-state index contributed by atoms with van der Waals surface area (Å²) in [6.45, 7) is 6.66. The number of ether oxygens (including phenoxy) is 1. The number of allylic oxidation sites excluding steroid dienone is 2. The number of hydrogen-bond donors (Lipinski definition) is 0. The van der Waals surface area contributed by atoms with Crippen molar-refractivity contribution >= 4 is 5.97 Å². The van der Waals surface area contributed by atoms with Crippen LogP contribution in [0.5, 0.6) is 0 Å². The van der Waals surface area contributed by atoms with Gasteiger partial charge in [0.05, 0.1) is 5.57 Å². The van der Waals surface area contributed by atoms with Crippen LogP contribution in [-0.4, -0.2) is 5.97 Å². The molecule has 0 saturated heterocycles. The number of esters is 1. The predicted molar refractivity (Wildman–Crippen MR) is 85.7 cm³/mol. The van der Waals surface area contributed by atoms with E-state index >= 15 is 0 Å². The van der Waals surface area contributed by atoms with Crippen LogP contribution in [0.1, 0.15) is 45.6 Å². The Hall–Kier alpha value is -1.83. The predicted octanol–water partition coefficient (Wildman–Crippen LogP) is 4.81. The van der Waals surface area contributed by atoms with Gasteiger partial charge in [-0.05, 0) is 43.7 Å². The SMILES string of the molecule is CCCC1C=C(C(=O)OCc2ccccc2)C(=C(C)C)C1. The lowest BCUT2D eigenvalue weighted by Gasteiger charge is -2.09. The van der Waals surface area contributed by atoms with Crippen LogP contribution >= 0.6 is 0 Å². The van der Waals surface area contributed by atoms with Crippen LogP contribution in [0.3, 0.4) is 0 Å². The van der Waals surface area contributed by atoms with E-state index in [4.69, 9.17) is 4.74 Å². The zero-order chi connectivity index (χ0) is 15.2. The van der Waals surface area contributed by atoms with Crippen LogP contribution in [0.2, 0.25) is 0 Å². The molecule has 1 aromatic rings. The van der Waals surface area contributed by atoms with Crippen molar-refractivity contribution in [3.05, 3.63) is 58.7 Å². The van der Waals surface area contributed by atoms with Gasteiger partial charge in [0, 0.05) is 0 Å². The Morgan fingerprint density at radius 2 is 1.95 bits per heavy atom. The van der Waals surface area contributed by atoms with Crippen LogP contribution in [0, 0.1) is 5.92 Å². The maximum atomic E-state index is 12.4. The Labute approximate surface area is 127 Å². The lowest BCUT2D eigenvalue weighted by molar-refractivity contribution is -0.139. The third-order valence-corrected chi connectivity index (χ3v) is 3.89. The standard InChI is InChI=1S/C19H24O2/c1-4-8-16-11-17(14(2)3)18(12-16)19(20)21-13-15-9-6-5-7-10-15/h5-7,9-10,12,16H,4,8,11,13H2,1-3H3. The fourth-order valence-corrected chi connectivity index (χ4v) is 2.79. The minimum atomic E-state index is -0.186. The normalized spacial score (nSPS) is 17.6. The van der Waals surface area contributed by atoms with Crippen molar-refractivity contribution in [3.63, 3.8) is 0 Å². The van der Waals surface area contributed by atoms with Gasteiger partial charge in [-0.25, -0.2) is 4.79 Å². The van der Waals surface area contributed by atoms with Crippen LogP contribution in [-0.2, 0) is 16.1 Å². The molecule has 2 rings (SSSR count). The number of rotatable bonds is 5. The van der Waals surface area contributed by atoms with E-state index < -0.39 is 0 Å². The molecule has 2 heteroatoms. The molecule has 112 valence electrons. The summed E-state index contributed by atoms with van der Waals surface area (Å²) in [7, 11) is 0. The van der Waals surface area contributed by atoms with E-state index in [-0.39, 0.29) is 5.97 Å². The smallest absolute Gasteiger partial charge is 0.338 e. The second-order valence-electron chi connectivity index (χ2n) is 5.87. The van der Waals surface area contributed by atoms with E-state index in [0.717, 1.165) is 30.4 Å². The van der Waals surface area contributed by atoms with Gasteiger partial charge in [0.15, 0.2) is 0 Å². The Balaban J connectivity index is 2.05. The fourth-order valence-electron chi connectivity index (χ4n) is 2.79. The first-order chi connectivity index (χ1) is 10.1. The average Bonchev–Trinajstić information content (AvgIpc) is 2.90. The van der Waals surface area contributed by atoms with Gasteiger partial charge in [0.1, 0.15) is 6.61 Å². The molecule has 1 unspecified atom stereocenters. The van der Waals surface area contributed by atoms with Crippen molar-refractivity contribution in [2.24, 2.45) is 5.92 Å². The molecule has 2 nitrogen and oxygen atoms in total. The van der Waals surface area contributed by atoms with Gasteiger partial charge >= 0.3 is 5.97 Å². The second-order valence-corrected chi connectivity index (χ2v) is 5.87. The highest BCUT2D eigenvalue weighted by molar-refractivity contribution is 5.94. The third kappa shape index (κ3) is 4.07. The molecule has 0 bridgehead atoms. The maximum absolute atomic E-state index is 12.4. The molecule has 1 aliphatic rings. The lowest BCUT2D eigenvalue weighted by Crippen LogP contribution is -2.08. The number of carbonyl (C=O) groups is 1. The molecule has 0 spiro atoms. The molecule has 0 fully saturated rings. The molecule has 1 aromatic carbocycles. The van der Waals surface area contributed by atoms with E-state index in [0.29, 0.717) is 12.5 Å². The second kappa shape index (κ2) is 7.26.